The predicted molar refractivity (Wildman–Crippen MR) is 108 cm³/mol. The van der Waals surface area contributed by atoms with E-state index in [2.05, 4.69) is 64.6 Å². The fraction of sp³-hybridized carbons (Fsp3) is 0.238. The molecule has 128 valence electrons. The molecule has 2 aromatic carbocycles. The van der Waals surface area contributed by atoms with Crippen molar-refractivity contribution in [3.05, 3.63) is 65.9 Å². The fourth-order valence-corrected chi connectivity index (χ4v) is 2.94. The van der Waals surface area contributed by atoms with Crippen molar-refractivity contribution in [2.75, 3.05) is 23.4 Å². The molecule has 0 aliphatic carbocycles. The Balaban J connectivity index is 1.75. The average Bonchev–Trinajstić information content (AvgIpc) is 2.64. The second-order valence-corrected chi connectivity index (χ2v) is 5.96. The van der Waals surface area contributed by atoms with E-state index in [4.69, 9.17) is 0 Å². The zero-order chi connectivity index (χ0) is 17.6. The van der Waals surface area contributed by atoms with Gasteiger partial charge >= 0.3 is 0 Å². The minimum Gasteiger partial charge on any atom is -0.372 e. The number of para-hydroxylation sites is 1. The van der Waals surface area contributed by atoms with Crippen LogP contribution in [0, 0.1) is 6.92 Å². The number of benzene rings is 2. The second kappa shape index (κ2) is 7.79. The number of aryl methyl sites for hydroxylation is 1. The van der Waals surface area contributed by atoms with Gasteiger partial charge in [0.05, 0.1) is 17.4 Å². The molecule has 4 heteroatoms. The number of hydrogen-bond donors (Lipinski definition) is 1. The Morgan fingerprint density at radius 2 is 1.76 bits per heavy atom. The summed E-state index contributed by atoms with van der Waals surface area (Å²) in [4.78, 5) is 6.87. The zero-order valence-electron chi connectivity index (χ0n) is 15.0. The quantitative estimate of drug-likeness (QED) is 0.519. The van der Waals surface area contributed by atoms with Crippen LogP contribution in [0.4, 0.5) is 11.4 Å². The Labute approximate surface area is 149 Å². The lowest BCUT2D eigenvalue weighted by Gasteiger charge is -2.20. The summed E-state index contributed by atoms with van der Waals surface area (Å²) >= 11 is 0. The highest BCUT2D eigenvalue weighted by Gasteiger charge is 2.03. The highest BCUT2D eigenvalue weighted by Crippen LogP contribution is 2.22. The van der Waals surface area contributed by atoms with Crippen molar-refractivity contribution >= 4 is 28.5 Å². The minimum absolute atomic E-state index is 0.971. The van der Waals surface area contributed by atoms with E-state index in [1.807, 2.05) is 37.4 Å². The van der Waals surface area contributed by atoms with Gasteiger partial charge in [0.2, 0.25) is 0 Å². The van der Waals surface area contributed by atoms with Crippen LogP contribution in [0.1, 0.15) is 25.1 Å². The van der Waals surface area contributed by atoms with E-state index in [0.29, 0.717) is 0 Å². The van der Waals surface area contributed by atoms with Crippen LogP contribution in [-0.4, -0.2) is 24.3 Å². The Morgan fingerprint density at radius 1 is 1.04 bits per heavy atom. The molecule has 25 heavy (non-hydrogen) atoms. The SMILES string of the molecule is CCN(CC)c1ccc(/C=N\Nc2cc(C)nc3ccccc23)cc1. The Hall–Kier alpha value is -2.88. The molecule has 0 bridgehead atoms. The van der Waals surface area contributed by atoms with Crippen LogP contribution in [0.25, 0.3) is 10.9 Å². The maximum absolute atomic E-state index is 4.55. The lowest BCUT2D eigenvalue weighted by atomic mass is 10.1. The number of aromatic nitrogens is 1. The molecule has 1 heterocycles. The van der Waals surface area contributed by atoms with E-state index in [0.717, 1.165) is 40.9 Å². The standard InChI is InChI=1S/C21H24N4/c1-4-25(5-2)18-12-10-17(11-13-18)15-22-24-21-14-16(3)23-20-9-7-6-8-19(20)21/h6-15H,4-5H2,1-3H3,(H,23,24)/b22-15-. The molecular weight excluding hydrogens is 308 g/mol. The largest absolute Gasteiger partial charge is 0.372 e. The number of hydrogen-bond acceptors (Lipinski definition) is 4. The first-order valence-electron chi connectivity index (χ1n) is 8.71. The third-order valence-corrected chi connectivity index (χ3v) is 4.26. The van der Waals surface area contributed by atoms with Crippen LogP contribution >= 0.6 is 0 Å². The van der Waals surface area contributed by atoms with Gasteiger partial charge in [-0.3, -0.25) is 10.4 Å². The molecule has 4 nitrogen and oxygen atoms in total. The summed E-state index contributed by atoms with van der Waals surface area (Å²) in [5.41, 5.74) is 8.38. The van der Waals surface area contributed by atoms with Gasteiger partial charge in [-0.2, -0.15) is 5.10 Å². The summed E-state index contributed by atoms with van der Waals surface area (Å²) in [7, 11) is 0. The maximum atomic E-state index is 4.55. The number of nitrogens with one attached hydrogen (secondary N) is 1. The number of pyridine rings is 1. The summed E-state index contributed by atoms with van der Waals surface area (Å²) in [6.07, 6.45) is 1.84. The van der Waals surface area contributed by atoms with E-state index in [9.17, 15) is 0 Å². The van der Waals surface area contributed by atoms with E-state index >= 15 is 0 Å². The van der Waals surface area contributed by atoms with Crippen LogP contribution in [-0.2, 0) is 0 Å². The topological polar surface area (TPSA) is 40.5 Å². The van der Waals surface area contributed by atoms with Crippen molar-refractivity contribution in [1.82, 2.24) is 4.98 Å². The molecule has 0 saturated heterocycles. The van der Waals surface area contributed by atoms with Crippen molar-refractivity contribution in [2.24, 2.45) is 5.10 Å². The van der Waals surface area contributed by atoms with E-state index in [1.165, 1.54) is 5.69 Å². The molecule has 3 aromatic rings. The molecule has 0 aliphatic rings. The fourth-order valence-electron chi connectivity index (χ4n) is 2.94. The van der Waals surface area contributed by atoms with Gasteiger partial charge < -0.3 is 4.90 Å². The third kappa shape index (κ3) is 3.97. The van der Waals surface area contributed by atoms with Crippen LogP contribution < -0.4 is 10.3 Å². The number of rotatable bonds is 6. The summed E-state index contributed by atoms with van der Waals surface area (Å²) < 4.78 is 0. The molecule has 0 aliphatic heterocycles. The van der Waals surface area contributed by atoms with Crippen LogP contribution in [0.2, 0.25) is 0 Å². The smallest absolute Gasteiger partial charge is 0.0726 e. The summed E-state index contributed by atoms with van der Waals surface area (Å²) in [5.74, 6) is 0. The van der Waals surface area contributed by atoms with E-state index in [1.54, 1.807) is 0 Å². The maximum Gasteiger partial charge on any atom is 0.0726 e. The normalized spacial score (nSPS) is 11.2. The molecule has 1 aromatic heterocycles. The van der Waals surface area contributed by atoms with E-state index in [-0.39, 0.29) is 0 Å². The second-order valence-electron chi connectivity index (χ2n) is 5.96. The van der Waals surface area contributed by atoms with Crippen molar-refractivity contribution in [3.63, 3.8) is 0 Å². The van der Waals surface area contributed by atoms with Crippen molar-refractivity contribution in [2.45, 2.75) is 20.8 Å². The highest BCUT2D eigenvalue weighted by molar-refractivity contribution is 5.92. The first-order chi connectivity index (χ1) is 12.2. The minimum atomic E-state index is 0.971. The first-order valence-corrected chi connectivity index (χ1v) is 8.71. The van der Waals surface area contributed by atoms with Gasteiger partial charge in [-0.1, -0.05) is 30.3 Å². The van der Waals surface area contributed by atoms with Gasteiger partial charge in [0.25, 0.3) is 0 Å². The molecule has 0 atom stereocenters. The molecule has 0 unspecified atom stereocenters. The third-order valence-electron chi connectivity index (χ3n) is 4.26. The summed E-state index contributed by atoms with van der Waals surface area (Å²) in [6.45, 7) is 8.36. The van der Waals surface area contributed by atoms with E-state index < -0.39 is 0 Å². The van der Waals surface area contributed by atoms with Gasteiger partial charge in [0, 0.05) is 29.9 Å². The van der Waals surface area contributed by atoms with Crippen LogP contribution in [0.5, 0.6) is 0 Å². The van der Waals surface area contributed by atoms with Crippen molar-refractivity contribution in [1.29, 1.82) is 0 Å². The molecule has 0 fully saturated rings. The molecule has 0 spiro atoms. The Bertz CT molecular complexity index is 865. The monoisotopic (exact) mass is 332 g/mol. The van der Waals surface area contributed by atoms with Gasteiger partial charge in [-0.25, -0.2) is 0 Å². The average molecular weight is 332 g/mol. The number of fused-ring (bicyclic) bond motifs is 1. The number of hydrazone groups is 1. The Kier molecular flexibility index (Phi) is 5.29. The molecule has 0 radical (unpaired) electrons. The Morgan fingerprint density at radius 3 is 2.48 bits per heavy atom. The van der Waals surface area contributed by atoms with Crippen molar-refractivity contribution in [3.8, 4) is 0 Å². The molecule has 3 rings (SSSR count). The predicted octanol–water partition coefficient (Wildman–Crippen LogP) is 4.84. The molecule has 1 N–H and O–H groups in total. The van der Waals surface area contributed by atoms with Crippen LogP contribution in [0.3, 0.4) is 0 Å². The summed E-state index contributed by atoms with van der Waals surface area (Å²) in [5, 5.41) is 5.47. The van der Waals surface area contributed by atoms with Gasteiger partial charge in [0.15, 0.2) is 0 Å². The molecule has 0 amide bonds. The van der Waals surface area contributed by atoms with Gasteiger partial charge in [0.1, 0.15) is 0 Å². The lowest BCUT2D eigenvalue weighted by molar-refractivity contribution is 0.866. The summed E-state index contributed by atoms with van der Waals surface area (Å²) in [6, 6.07) is 18.6. The molecular formula is C21H24N4. The van der Waals surface area contributed by atoms with Crippen LogP contribution in [0.15, 0.2) is 59.7 Å². The first kappa shape index (κ1) is 17.0. The number of nitrogens with zero attached hydrogens (tertiary/aromatic N) is 3. The molecule has 0 saturated carbocycles. The highest BCUT2D eigenvalue weighted by atomic mass is 15.3. The number of anilines is 2. The van der Waals surface area contributed by atoms with Gasteiger partial charge in [-0.05, 0) is 50.6 Å². The van der Waals surface area contributed by atoms with Crippen molar-refractivity contribution < 1.29 is 0 Å². The zero-order valence-corrected chi connectivity index (χ0v) is 15.0. The van der Waals surface area contributed by atoms with Gasteiger partial charge in [-0.15, -0.1) is 0 Å². The lowest BCUT2D eigenvalue weighted by Crippen LogP contribution is -2.21.